The summed E-state index contributed by atoms with van der Waals surface area (Å²) in [6.07, 6.45) is -0.612. The minimum absolute atomic E-state index is 0.126. The van der Waals surface area contributed by atoms with Crippen molar-refractivity contribution in [3.8, 4) is 0 Å². The summed E-state index contributed by atoms with van der Waals surface area (Å²) in [6, 6.07) is 0. The van der Waals surface area contributed by atoms with Gasteiger partial charge in [0.25, 0.3) is 0 Å². The van der Waals surface area contributed by atoms with Gasteiger partial charge in [0, 0.05) is 11.9 Å². The van der Waals surface area contributed by atoms with E-state index in [1.165, 1.54) is 0 Å². The van der Waals surface area contributed by atoms with E-state index in [0.717, 1.165) is 0 Å². The molecule has 3 unspecified atom stereocenters. The highest BCUT2D eigenvalue weighted by molar-refractivity contribution is 7.99. The number of rotatable bonds is 8. The fraction of sp³-hybridized carbons (Fsp3) is 0.900. The largest absolute Gasteiger partial charge is 0.479 e. The number of carboxylic acid groups (broad SMARTS) is 1. The van der Waals surface area contributed by atoms with Crippen LogP contribution in [0.15, 0.2) is 0 Å². The first kappa shape index (κ1) is 14.7. The van der Waals surface area contributed by atoms with Crippen molar-refractivity contribution in [1.82, 2.24) is 0 Å². The van der Waals surface area contributed by atoms with Crippen LogP contribution < -0.4 is 0 Å². The van der Waals surface area contributed by atoms with Gasteiger partial charge in [-0.1, -0.05) is 6.92 Å². The molecule has 15 heavy (non-hydrogen) atoms. The fourth-order valence-electron chi connectivity index (χ4n) is 0.980. The molecule has 0 fully saturated rings. The van der Waals surface area contributed by atoms with Crippen LogP contribution in [0.1, 0.15) is 27.2 Å². The molecule has 0 rings (SSSR count). The number of hydrogen-bond acceptors (Lipinski definition) is 4. The third-order valence-corrected chi connectivity index (χ3v) is 3.47. The molecule has 4 nitrogen and oxygen atoms in total. The topological polar surface area (TPSA) is 66.8 Å². The van der Waals surface area contributed by atoms with E-state index in [1.54, 1.807) is 25.6 Å². The van der Waals surface area contributed by atoms with Crippen molar-refractivity contribution in [2.45, 2.75) is 44.6 Å². The van der Waals surface area contributed by atoms with Gasteiger partial charge in [0.05, 0.1) is 6.10 Å². The van der Waals surface area contributed by atoms with Crippen molar-refractivity contribution in [1.29, 1.82) is 0 Å². The average Bonchev–Trinajstić information content (AvgIpc) is 2.15. The quantitative estimate of drug-likeness (QED) is 0.666. The Labute approximate surface area is 95.0 Å². The van der Waals surface area contributed by atoms with Crippen LogP contribution in [-0.4, -0.2) is 46.0 Å². The molecule has 0 aromatic carbocycles. The number of hydrogen-bond donors (Lipinski definition) is 2. The smallest absolute Gasteiger partial charge is 0.332 e. The summed E-state index contributed by atoms with van der Waals surface area (Å²) in [6.45, 7) is 5.84. The number of carbonyl (C=O) groups is 1. The van der Waals surface area contributed by atoms with Crippen LogP contribution in [0.25, 0.3) is 0 Å². The molecule has 0 aromatic rings. The summed E-state index contributed by atoms with van der Waals surface area (Å²) < 4.78 is 5.07. The molecule has 3 atom stereocenters. The summed E-state index contributed by atoms with van der Waals surface area (Å²) in [5, 5.41) is 18.2. The first-order chi connectivity index (χ1) is 6.99. The molecule has 5 heteroatoms. The summed E-state index contributed by atoms with van der Waals surface area (Å²) in [7, 11) is 0. The highest BCUT2D eigenvalue weighted by Crippen LogP contribution is 2.16. The van der Waals surface area contributed by atoms with Gasteiger partial charge in [-0.15, -0.1) is 0 Å². The van der Waals surface area contributed by atoms with Crippen molar-refractivity contribution in [2.24, 2.45) is 0 Å². The first-order valence-corrected chi connectivity index (χ1v) is 6.18. The number of aliphatic carboxylic acids is 1. The predicted octanol–water partition coefficient (Wildman–Crippen LogP) is 1.37. The molecule has 0 saturated carbocycles. The summed E-state index contributed by atoms with van der Waals surface area (Å²) in [5.41, 5.74) is 0. The molecule has 0 bridgehead atoms. The third-order valence-electron chi connectivity index (χ3n) is 2.08. The number of carboxylic acids is 1. The lowest BCUT2D eigenvalue weighted by molar-refractivity contribution is -0.150. The van der Waals surface area contributed by atoms with Crippen LogP contribution in [0.4, 0.5) is 0 Å². The highest BCUT2D eigenvalue weighted by atomic mass is 32.2. The van der Waals surface area contributed by atoms with E-state index in [4.69, 9.17) is 9.84 Å². The maximum atomic E-state index is 10.7. The molecular weight excluding hydrogens is 216 g/mol. The van der Waals surface area contributed by atoms with Gasteiger partial charge in [-0.25, -0.2) is 4.79 Å². The van der Waals surface area contributed by atoms with Gasteiger partial charge < -0.3 is 14.9 Å². The molecule has 0 spiro atoms. The summed E-state index contributed by atoms with van der Waals surface area (Å²) in [4.78, 5) is 10.7. The zero-order valence-corrected chi connectivity index (χ0v) is 10.3. The summed E-state index contributed by atoms with van der Waals surface area (Å²) in [5.74, 6) is -0.231. The zero-order chi connectivity index (χ0) is 11.8. The predicted molar refractivity (Wildman–Crippen MR) is 61.3 cm³/mol. The molecule has 0 aliphatic carbocycles. The molecular formula is C10H20O4S. The van der Waals surface area contributed by atoms with Gasteiger partial charge in [0.15, 0.2) is 6.10 Å². The minimum Gasteiger partial charge on any atom is -0.479 e. The monoisotopic (exact) mass is 236 g/mol. The third kappa shape index (κ3) is 6.76. The Balaban J connectivity index is 3.75. The van der Waals surface area contributed by atoms with Gasteiger partial charge in [-0.3, -0.25) is 0 Å². The van der Waals surface area contributed by atoms with Crippen LogP contribution in [-0.2, 0) is 9.53 Å². The van der Waals surface area contributed by atoms with E-state index in [9.17, 15) is 9.90 Å². The molecule has 2 N–H and O–H groups in total. The molecule has 90 valence electrons. The number of ether oxygens (including phenoxy) is 1. The maximum Gasteiger partial charge on any atom is 0.332 e. The lowest BCUT2D eigenvalue weighted by Crippen LogP contribution is -2.25. The van der Waals surface area contributed by atoms with Crippen LogP contribution in [0, 0.1) is 0 Å². The first-order valence-electron chi connectivity index (χ1n) is 5.13. The number of thioether (sulfide) groups is 1. The van der Waals surface area contributed by atoms with Crippen LogP contribution in [0.5, 0.6) is 0 Å². The van der Waals surface area contributed by atoms with E-state index in [0.29, 0.717) is 18.8 Å². The SMILES string of the molecule is CCOC(CCSC(C)C(C)O)C(=O)O. The van der Waals surface area contributed by atoms with Crippen molar-refractivity contribution in [2.75, 3.05) is 12.4 Å². The second kappa shape index (κ2) is 7.96. The Kier molecular flexibility index (Phi) is 7.82. The fourth-order valence-corrected chi connectivity index (χ4v) is 1.98. The van der Waals surface area contributed by atoms with Gasteiger partial charge >= 0.3 is 5.97 Å². The van der Waals surface area contributed by atoms with E-state index in [1.807, 2.05) is 6.92 Å². The van der Waals surface area contributed by atoms with Gasteiger partial charge in [0.2, 0.25) is 0 Å². The van der Waals surface area contributed by atoms with Crippen molar-refractivity contribution in [3.05, 3.63) is 0 Å². The Morgan fingerprint density at radius 3 is 2.47 bits per heavy atom. The average molecular weight is 236 g/mol. The van der Waals surface area contributed by atoms with Crippen molar-refractivity contribution >= 4 is 17.7 Å². The Bertz CT molecular complexity index is 184. The molecule has 0 aromatic heterocycles. The molecule has 0 amide bonds. The molecule has 0 radical (unpaired) electrons. The second-order valence-corrected chi connectivity index (χ2v) is 4.87. The maximum absolute atomic E-state index is 10.7. The van der Waals surface area contributed by atoms with Crippen LogP contribution >= 0.6 is 11.8 Å². The molecule has 0 saturated heterocycles. The van der Waals surface area contributed by atoms with E-state index < -0.39 is 12.1 Å². The Hall–Kier alpha value is -0.260. The van der Waals surface area contributed by atoms with Crippen molar-refractivity contribution in [3.63, 3.8) is 0 Å². The van der Waals surface area contributed by atoms with E-state index in [2.05, 4.69) is 0 Å². The van der Waals surface area contributed by atoms with Gasteiger partial charge in [0.1, 0.15) is 0 Å². The number of aliphatic hydroxyl groups excluding tert-OH is 1. The van der Waals surface area contributed by atoms with Crippen molar-refractivity contribution < 1.29 is 19.7 Å². The normalized spacial score (nSPS) is 17.1. The lowest BCUT2D eigenvalue weighted by atomic mass is 10.3. The Morgan fingerprint density at radius 1 is 1.47 bits per heavy atom. The minimum atomic E-state index is -0.915. The highest BCUT2D eigenvalue weighted by Gasteiger charge is 2.18. The second-order valence-electron chi connectivity index (χ2n) is 3.39. The molecule has 0 heterocycles. The van der Waals surface area contributed by atoms with Crippen LogP contribution in [0.2, 0.25) is 0 Å². The summed E-state index contributed by atoms with van der Waals surface area (Å²) >= 11 is 1.56. The van der Waals surface area contributed by atoms with E-state index in [-0.39, 0.29) is 11.4 Å². The lowest BCUT2D eigenvalue weighted by Gasteiger charge is -2.16. The molecule has 0 aliphatic heterocycles. The van der Waals surface area contributed by atoms with E-state index >= 15 is 0 Å². The Morgan fingerprint density at radius 2 is 2.07 bits per heavy atom. The van der Waals surface area contributed by atoms with Gasteiger partial charge in [-0.05, 0) is 26.0 Å². The van der Waals surface area contributed by atoms with Crippen LogP contribution in [0.3, 0.4) is 0 Å². The number of aliphatic hydroxyl groups is 1. The van der Waals surface area contributed by atoms with Gasteiger partial charge in [-0.2, -0.15) is 11.8 Å². The molecule has 0 aliphatic rings. The standard InChI is InChI=1S/C10H20O4S/c1-4-14-9(10(12)13)5-6-15-8(3)7(2)11/h7-9,11H,4-6H2,1-3H3,(H,12,13). The zero-order valence-electron chi connectivity index (χ0n) is 9.47.